The Morgan fingerprint density at radius 2 is 2.29 bits per heavy atom. The first-order valence-electron chi connectivity index (χ1n) is 4.84. The Kier molecular flexibility index (Phi) is 5.18. The average molecular weight is 198 g/mol. The van der Waals surface area contributed by atoms with Crippen molar-refractivity contribution in [2.24, 2.45) is 5.41 Å². The highest BCUT2D eigenvalue weighted by Crippen LogP contribution is 2.19. The van der Waals surface area contributed by atoms with Gasteiger partial charge in [0.2, 0.25) is 5.91 Å². The molecule has 0 aromatic carbocycles. The zero-order valence-corrected chi connectivity index (χ0v) is 9.00. The Morgan fingerprint density at radius 1 is 1.71 bits per heavy atom. The van der Waals surface area contributed by atoms with Crippen molar-refractivity contribution in [1.82, 2.24) is 5.32 Å². The molecule has 4 heteroatoms. The standard InChI is InChI=1S/C10H18N2O2/c1-4-10(3,7-11)9(14)12-6-5-8(2)13/h8,13H,4-6H2,1-3H3,(H,12,14). The van der Waals surface area contributed by atoms with Gasteiger partial charge >= 0.3 is 0 Å². The van der Waals surface area contributed by atoms with Gasteiger partial charge in [0.25, 0.3) is 0 Å². The van der Waals surface area contributed by atoms with Crippen molar-refractivity contribution in [2.75, 3.05) is 6.54 Å². The van der Waals surface area contributed by atoms with Gasteiger partial charge in [-0.25, -0.2) is 0 Å². The molecule has 2 atom stereocenters. The lowest BCUT2D eigenvalue weighted by molar-refractivity contribution is -0.127. The number of nitriles is 1. The van der Waals surface area contributed by atoms with Crippen LogP contribution in [0, 0.1) is 16.7 Å². The highest BCUT2D eigenvalue weighted by Gasteiger charge is 2.30. The van der Waals surface area contributed by atoms with Gasteiger partial charge in [-0.15, -0.1) is 0 Å². The predicted molar refractivity (Wildman–Crippen MR) is 53.3 cm³/mol. The molecule has 1 amide bonds. The Bertz CT molecular complexity index is 233. The minimum absolute atomic E-state index is 0.261. The molecule has 0 saturated heterocycles. The number of nitrogens with zero attached hydrogens (tertiary/aromatic N) is 1. The van der Waals surface area contributed by atoms with Crippen molar-refractivity contribution in [1.29, 1.82) is 5.26 Å². The van der Waals surface area contributed by atoms with E-state index in [1.807, 2.05) is 6.07 Å². The van der Waals surface area contributed by atoms with E-state index in [0.717, 1.165) is 0 Å². The maximum Gasteiger partial charge on any atom is 0.240 e. The maximum absolute atomic E-state index is 11.5. The van der Waals surface area contributed by atoms with Crippen molar-refractivity contribution >= 4 is 5.91 Å². The Morgan fingerprint density at radius 3 is 2.64 bits per heavy atom. The molecule has 0 radical (unpaired) electrons. The van der Waals surface area contributed by atoms with E-state index in [9.17, 15) is 4.79 Å². The molecule has 2 unspecified atom stereocenters. The number of carbonyl (C=O) groups excluding carboxylic acids is 1. The molecule has 0 saturated carbocycles. The molecular formula is C10H18N2O2. The molecule has 14 heavy (non-hydrogen) atoms. The molecule has 2 N–H and O–H groups in total. The number of hydrogen-bond donors (Lipinski definition) is 2. The molecule has 0 aliphatic heterocycles. The van der Waals surface area contributed by atoms with Crippen molar-refractivity contribution in [2.45, 2.75) is 39.7 Å². The van der Waals surface area contributed by atoms with Crippen molar-refractivity contribution in [3.63, 3.8) is 0 Å². The van der Waals surface area contributed by atoms with Crippen LogP contribution in [-0.2, 0) is 4.79 Å². The molecule has 0 aliphatic rings. The van der Waals surface area contributed by atoms with Gasteiger partial charge < -0.3 is 10.4 Å². The van der Waals surface area contributed by atoms with Crippen LogP contribution in [0.25, 0.3) is 0 Å². The number of carbonyl (C=O) groups is 1. The van der Waals surface area contributed by atoms with Gasteiger partial charge in [0, 0.05) is 6.54 Å². The fourth-order valence-corrected chi connectivity index (χ4v) is 0.880. The highest BCUT2D eigenvalue weighted by atomic mass is 16.3. The summed E-state index contributed by atoms with van der Waals surface area (Å²) in [4.78, 5) is 11.5. The average Bonchev–Trinajstić information content (AvgIpc) is 2.15. The van der Waals surface area contributed by atoms with Gasteiger partial charge in [-0.05, 0) is 26.7 Å². The van der Waals surface area contributed by atoms with E-state index in [2.05, 4.69) is 5.32 Å². The van der Waals surface area contributed by atoms with Crippen molar-refractivity contribution in [3.8, 4) is 6.07 Å². The summed E-state index contributed by atoms with van der Waals surface area (Å²) >= 11 is 0. The molecule has 0 fully saturated rings. The van der Waals surface area contributed by atoms with Gasteiger partial charge in [0.15, 0.2) is 0 Å². The Balaban J connectivity index is 4.02. The van der Waals surface area contributed by atoms with E-state index in [0.29, 0.717) is 19.4 Å². The number of nitrogens with one attached hydrogen (secondary N) is 1. The van der Waals surface area contributed by atoms with E-state index in [1.54, 1.807) is 20.8 Å². The molecule has 0 spiro atoms. The summed E-state index contributed by atoms with van der Waals surface area (Å²) in [5.74, 6) is -0.261. The third kappa shape index (κ3) is 3.75. The zero-order chi connectivity index (χ0) is 11.2. The van der Waals surface area contributed by atoms with E-state index in [-0.39, 0.29) is 5.91 Å². The topological polar surface area (TPSA) is 73.1 Å². The summed E-state index contributed by atoms with van der Waals surface area (Å²) in [5, 5.41) is 20.4. The third-order valence-electron chi connectivity index (χ3n) is 2.30. The monoisotopic (exact) mass is 198 g/mol. The fourth-order valence-electron chi connectivity index (χ4n) is 0.880. The summed E-state index contributed by atoms with van der Waals surface area (Å²) in [7, 11) is 0. The second-order valence-electron chi connectivity index (χ2n) is 3.69. The summed E-state index contributed by atoms with van der Waals surface area (Å²) in [6.07, 6.45) is 0.575. The summed E-state index contributed by atoms with van der Waals surface area (Å²) < 4.78 is 0. The van der Waals surface area contributed by atoms with Crippen molar-refractivity contribution < 1.29 is 9.90 Å². The summed E-state index contributed by atoms with van der Waals surface area (Å²) in [6.45, 7) is 5.49. The first-order chi connectivity index (χ1) is 6.46. The second kappa shape index (κ2) is 5.61. The minimum Gasteiger partial charge on any atom is -0.393 e. The first-order valence-corrected chi connectivity index (χ1v) is 4.84. The van der Waals surface area contributed by atoms with Gasteiger partial charge in [-0.1, -0.05) is 6.92 Å². The lowest BCUT2D eigenvalue weighted by Crippen LogP contribution is -2.38. The van der Waals surface area contributed by atoms with Gasteiger partial charge in [-0.2, -0.15) is 5.26 Å². The van der Waals surface area contributed by atoms with Crippen molar-refractivity contribution in [3.05, 3.63) is 0 Å². The molecule has 0 aromatic heterocycles. The molecule has 0 aliphatic carbocycles. The molecule has 0 aromatic rings. The molecular weight excluding hydrogens is 180 g/mol. The number of hydrogen-bond acceptors (Lipinski definition) is 3. The Labute approximate surface area is 84.9 Å². The smallest absolute Gasteiger partial charge is 0.240 e. The minimum atomic E-state index is -0.946. The van der Waals surface area contributed by atoms with E-state index in [1.165, 1.54) is 0 Å². The number of amides is 1. The van der Waals surface area contributed by atoms with Crippen LogP contribution in [0.2, 0.25) is 0 Å². The van der Waals surface area contributed by atoms with Crippen LogP contribution < -0.4 is 5.32 Å². The molecule has 0 rings (SSSR count). The lowest BCUT2D eigenvalue weighted by atomic mass is 9.88. The fraction of sp³-hybridized carbons (Fsp3) is 0.800. The quantitative estimate of drug-likeness (QED) is 0.686. The van der Waals surface area contributed by atoms with Crippen LogP contribution in [0.5, 0.6) is 0 Å². The summed E-state index contributed by atoms with van der Waals surface area (Å²) in [6, 6.07) is 1.99. The van der Waals surface area contributed by atoms with Crippen LogP contribution >= 0.6 is 0 Å². The molecule has 4 nitrogen and oxygen atoms in total. The highest BCUT2D eigenvalue weighted by molar-refractivity contribution is 5.84. The number of rotatable bonds is 5. The van der Waals surface area contributed by atoms with Crippen LogP contribution in [0.1, 0.15) is 33.6 Å². The molecule has 0 bridgehead atoms. The largest absolute Gasteiger partial charge is 0.393 e. The summed E-state index contributed by atoms with van der Waals surface area (Å²) in [5.41, 5.74) is -0.946. The second-order valence-corrected chi connectivity index (χ2v) is 3.69. The third-order valence-corrected chi connectivity index (χ3v) is 2.30. The van der Waals surface area contributed by atoms with Crippen LogP contribution in [-0.4, -0.2) is 23.7 Å². The maximum atomic E-state index is 11.5. The first kappa shape index (κ1) is 12.9. The molecule has 80 valence electrons. The number of aliphatic hydroxyl groups excluding tert-OH is 1. The molecule has 0 heterocycles. The predicted octanol–water partition coefficient (Wildman–Crippen LogP) is 0.813. The van der Waals surface area contributed by atoms with Gasteiger partial charge in [-0.3, -0.25) is 4.79 Å². The normalized spacial score (nSPS) is 16.5. The number of aliphatic hydroxyl groups is 1. The van der Waals surface area contributed by atoms with Gasteiger partial charge in [0.05, 0.1) is 12.2 Å². The van der Waals surface area contributed by atoms with Crippen LogP contribution in [0.3, 0.4) is 0 Å². The lowest BCUT2D eigenvalue weighted by Gasteiger charge is -2.18. The SMILES string of the molecule is CCC(C)(C#N)C(=O)NCCC(C)O. The van der Waals surface area contributed by atoms with Crippen LogP contribution in [0.4, 0.5) is 0 Å². The van der Waals surface area contributed by atoms with E-state index in [4.69, 9.17) is 10.4 Å². The van der Waals surface area contributed by atoms with E-state index < -0.39 is 11.5 Å². The van der Waals surface area contributed by atoms with Gasteiger partial charge in [0.1, 0.15) is 5.41 Å². The zero-order valence-electron chi connectivity index (χ0n) is 9.00. The van der Waals surface area contributed by atoms with E-state index >= 15 is 0 Å². The Hall–Kier alpha value is -1.08. The van der Waals surface area contributed by atoms with Crippen LogP contribution in [0.15, 0.2) is 0 Å².